The van der Waals surface area contributed by atoms with Crippen LogP contribution in [-0.2, 0) is 16.1 Å². The van der Waals surface area contributed by atoms with Crippen molar-refractivity contribution in [1.82, 2.24) is 25.1 Å². The highest BCUT2D eigenvalue weighted by Gasteiger charge is 2.34. The second-order valence-electron chi connectivity index (χ2n) is 5.59. The third-order valence-corrected chi connectivity index (χ3v) is 3.90. The standard InChI is InChI=1S/C15H17N5O3/c1-10-4-6-11(7-5-10)14-16-18-20(17-14)9-13(21)19-8-2-3-12(19)15(22)23/h4-7,12H,2-3,8-9H2,1H3,(H,22,23)/t12-/m1/s1. The molecular weight excluding hydrogens is 298 g/mol. The van der Waals surface area contributed by atoms with Crippen molar-refractivity contribution in [3.05, 3.63) is 29.8 Å². The molecule has 1 saturated heterocycles. The van der Waals surface area contributed by atoms with Crippen LogP contribution >= 0.6 is 0 Å². The predicted molar refractivity (Wildman–Crippen MR) is 80.4 cm³/mol. The van der Waals surface area contributed by atoms with Gasteiger partial charge in [0.25, 0.3) is 0 Å². The fraction of sp³-hybridized carbons (Fsp3) is 0.400. The number of aliphatic carboxylic acids is 1. The molecule has 1 aliphatic heterocycles. The minimum Gasteiger partial charge on any atom is -0.480 e. The highest BCUT2D eigenvalue weighted by molar-refractivity contribution is 5.84. The number of carbonyl (C=O) groups is 2. The Labute approximate surface area is 132 Å². The van der Waals surface area contributed by atoms with Crippen LogP contribution in [0, 0.1) is 6.92 Å². The number of carboxylic acid groups (broad SMARTS) is 1. The zero-order valence-corrected chi connectivity index (χ0v) is 12.7. The van der Waals surface area contributed by atoms with Crippen LogP contribution in [0.25, 0.3) is 11.4 Å². The lowest BCUT2D eigenvalue weighted by molar-refractivity contribution is -0.148. The number of benzene rings is 1. The first-order chi connectivity index (χ1) is 11.0. The normalized spacial score (nSPS) is 17.4. The first kappa shape index (κ1) is 15.1. The summed E-state index contributed by atoms with van der Waals surface area (Å²) in [5, 5.41) is 21.1. The van der Waals surface area contributed by atoms with Crippen LogP contribution < -0.4 is 0 Å². The van der Waals surface area contributed by atoms with E-state index in [9.17, 15) is 9.59 Å². The van der Waals surface area contributed by atoms with Crippen molar-refractivity contribution in [1.29, 1.82) is 0 Å². The van der Waals surface area contributed by atoms with E-state index in [4.69, 9.17) is 5.11 Å². The molecule has 8 nitrogen and oxygen atoms in total. The van der Waals surface area contributed by atoms with Gasteiger partial charge in [0, 0.05) is 12.1 Å². The molecule has 2 aromatic rings. The Morgan fingerprint density at radius 1 is 1.30 bits per heavy atom. The summed E-state index contributed by atoms with van der Waals surface area (Å²) in [6, 6.07) is 6.92. The molecule has 0 unspecified atom stereocenters. The number of rotatable bonds is 4. The van der Waals surface area contributed by atoms with Crippen molar-refractivity contribution in [2.75, 3.05) is 6.54 Å². The van der Waals surface area contributed by atoms with Crippen LogP contribution in [0.1, 0.15) is 18.4 Å². The maximum absolute atomic E-state index is 12.3. The van der Waals surface area contributed by atoms with Gasteiger partial charge >= 0.3 is 5.97 Å². The van der Waals surface area contributed by atoms with E-state index in [1.807, 2.05) is 31.2 Å². The van der Waals surface area contributed by atoms with E-state index in [0.717, 1.165) is 11.1 Å². The van der Waals surface area contributed by atoms with Crippen molar-refractivity contribution >= 4 is 11.9 Å². The number of tetrazole rings is 1. The summed E-state index contributed by atoms with van der Waals surface area (Å²) < 4.78 is 0. The van der Waals surface area contributed by atoms with Crippen LogP contribution in [0.3, 0.4) is 0 Å². The van der Waals surface area contributed by atoms with Crippen molar-refractivity contribution in [2.45, 2.75) is 32.4 Å². The third kappa shape index (κ3) is 3.20. The van der Waals surface area contributed by atoms with Gasteiger partial charge in [0.05, 0.1) is 0 Å². The molecule has 1 atom stereocenters. The van der Waals surface area contributed by atoms with E-state index >= 15 is 0 Å². The molecule has 1 N–H and O–H groups in total. The van der Waals surface area contributed by atoms with Crippen molar-refractivity contribution in [3.63, 3.8) is 0 Å². The van der Waals surface area contributed by atoms with Gasteiger partial charge in [-0.05, 0) is 25.0 Å². The number of amides is 1. The molecule has 0 spiro atoms. The molecule has 1 aliphatic rings. The quantitative estimate of drug-likeness (QED) is 0.892. The topological polar surface area (TPSA) is 101 Å². The summed E-state index contributed by atoms with van der Waals surface area (Å²) in [6.07, 6.45) is 1.18. The van der Waals surface area contributed by atoms with Crippen LogP contribution in [0.15, 0.2) is 24.3 Å². The van der Waals surface area contributed by atoms with Crippen LogP contribution in [0.5, 0.6) is 0 Å². The van der Waals surface area contributed by atoms with E-state index < -0.39 is 12.0 Å². The Balaban J connectivity index is 1.70. The molecule has 1 aromatic heterocycles. The Morgan fingerprint density at radius 3 is 2.74 bits per heavy atom. The molecule has 0 saturated carbocycles. The lowest BCUT2D eigenvalue weighted by atomic mass is 10.1. The van der Waals surface area contributed by atoms with Crippen molar-refractivity contribution in [3.8, 4) is 11.4 Å². The lowest BCUT2D eigenvalue weighted by Gasteiger charge is -2.20. The maximum atomic E-state index is 12.3. The number of aryl methyl sites for hydroxylation is 1. The lowest BCUT2D eigenvalue weighted by Crippen LogP contribution is -2.42. The second-order valence-corrected chi connectivity index (χ2v) is 5.59. The molecule has 120 valence electrons. The summed E-state index contributed by atoms with van der Waals surface area (Å²) >= 11 is 0. The number of carbonyl (C=O) groups excluding carboxylic acids is 1. The van der Waals surface area contributed by atoms with E-state index in [2.05, 4.69) is 15.4 Å². The SMILES string of the molecule is Cc1ccc(-c2nnn(CC(=O)N3CCC[C@@H]3C(=O)O)n2)cc1. The van der Waals surface area contributed by atoms with Gasteiger partial charge in [-0.15, -0.1) is 10.2 Å². The van der Waals surface area contributed by atoms with Gasteiger partial charge in [-0.3, -0.25) is 4.79 Å². The monoisotopic (exact) mass is 315 g/mol. The van der Waals surface area contributed by atoms with Gasteiger partial charge in [-0.1, -0.05) is 29.8 Å². The minimum absolute atomic E-state index is 0.108. The van der Waals surface area contributed by atoms with Crippen LogP contribution in [-0.4, -0.2) is 54.7 Å². The summed E-state index contributed by atoms with van der Waals surface area (Å²) in [7, 11) is 0. The predicted octanol–water partition coefficient (Wildman–Crippen LogP) is 0.724. The number of nitrogens with zero attached hydrogens (tertiary/aromatic N) is 5. The van der Waals surface area contributed by atoms with Gasteiger partial charge in [0.1, 0.15) is 12.6 Å². The molecule has 1 fully saturated rings. The average molecular weight is 315 g/mol. The Hall–Kier alpha value is -2.77. The molecule has 8 heteroatoms. The number of hydrogen-bond donors (Lipinski definition) is 1. The zero-order chi connectivity index (χ0) is 16.4. The highest BCUT2D eigenvalue weighted by atomic mass is 16.4. The molecule has 1 aromatic carbocycles. The molecule has 23 heavy (non-hydrogen) atoms. The minimum atomic E-state index is -0.970. The van der Waals surface area contributed by atoms with Crippen LogP contribution in [0.2, 0.25) is 0 Å². The van der Waals surface area contributed by atoms with Gasteiger partial charge < -0.3 is 10.0 Å². The van der Waals surface area contributed by atoms with E-state index in [1.165, 1.54) is 9.70 Å². The molecule has 3 rings (SSSR count). The Morgan fingerprint density at radius 2 is 2.04 bits per heavy atom. The smallest absolute Gasteiger partial charge is 0.326 e. The fourth-order valence-electron chi connectivity index (χ4n) is 2.66. The zero-order valence-electron chi connectivity index (χ0n) is 12.7. The van der Waals surface area contributed by atoms with Crippen LogP contribution in [0.4, 0.5) is 0 Å². The van der Waals surface area contributed by atoms with E-state index in [1.54, 1.807) is 0 Å². The van der Waals surface area contributed by atoms with E-state index in [-0.39, 0.29) is 12.5 Å². The third-order valence-electron chi connectivity index (χ3n) is 3.90. The summed E-state index contributed by atoms with van der Waals surface area (Å²) in [6.45, 7) is 2.33. The first-order valence-corrected chi connectivity index (χ1v) is 7.42. The molecule has 2 heterocycles. The Kier molecular flexibility index (Phi) is 4.05. The van der Waals surface area contributed by atoms with Gasteiger partial charge in [0.15, 0.2) is 0 Å². The molecular formula is C15H17N5O3. The largest absolute Gasteiger partial charge is 0.480 e. The fourth-order valence-corrected chi connectivity index (χ4v) is 2.66. The van der Waals surface area contributed by atoms with Gasteiger partial charge in [-0.2, -0.15) is 4.80 Å². The Bertz CT molecular complexity index is 725. The second kappa shape index (κ2) is 6.15. The van der Waals surface area contributed by atoms with Gasteiger partial charge in [-0.25, -0.2) is 4.79 Å². The number of carboxylic acids is 1. The molecule has 0 radical (unpaired) electrons. The van der Waals surface area contributed by atoms with Gasteiger partial charge in [0.2, 0.25) is 11.7 Å². The average Bonchev–Trinajstić information content (AvgIpc) is 3.16. The van der Waals surface area contributed by atoms with Crippen molar-refractivity contribution < 1.29 is 14.7 Å². The maximum Gasteiger partial charge on any atom is 0.326 e. The molecule has 0 aliphatic carbocycles. The number of hydrogen-bond acceptors (Lipinski definition) is 5. The summed E-state index contributed by atoms with van der Waals surface area (Å²) in [5.74, 6) is -0.834. The highest BCUT2D eigenvalue weighted by Crippen LogP contribution is 2.18. The number of aromatic nitrogens is 4. The summed E-state index contributed by atoms with van der Waals surface area (Å²) in [5.41, 5.74) is 1.95. The molecule has 0 bridgehead atoms. The summed E-state index contributed by atoms with van der Waals surface area (Å²) in [4.78, 5) is 26.0. The first-order valence-electron chi connectivity index (χ1n) is 7.42. The van der Waals surface area contributed by atoms with Crippen molar-refractivity contribution in [2.24, 2.45) is 0 Å². The van der Waals surface area contributed by atoms with E-state index in [0.29, 0.717) is 25.2 Å². The number of likely N-dealkylation sites (tertiary alicyclic amines) is 1. The molecule has 1 amide bonds.